The number of aromatic nitrogens is 5. The SMILES string of the molecule is O=c1c2nnn(Cc3ccccc3F)c2ncn1Cc1ccc(Br)cc1. The van der Waals surface area contributed by atoms with Crippen molar-refractivity contribution in [3.8, 4) is 0 Å². The van der Waals surface area contributed by atoms with Crippen molar-refractivity contribution >= 4 is 27.1 Å². The Kier molecular flexibility index (Phi) is 4.34. The molecule has 2 aromatic carbocycles. The van der Waals surface area contributed by atoms with Gasteiger partial charge in [-0.15, -0.1) is 5.10 Å². The molecule has 0 amide bonds. The van der Waals surface area contributed by atoms with Gasteiger partial charge in [-0.05, 0) is 23.8 Å². The molecule has 130 valence electrons. The summed E-state index contributed by atoms with van der Waals surface area (Å²) in [6.07, 6.45) is 1.47. The Morgan fingerprint density at radius 3 is 2.58 bits per heavy atom. The van der Waals surface area contributed by atoms with Gasteiger partial charge >= 0.3 is 0 Å². The molecule has 26 heavy (non-hydrogen) atoms. The van der Waals surface area contributed by atoms with Crippen LogP contribution in [0.15, 0.2) is 64.1 Å². The summed E-state index contributed by atoms with van der Waals surface area (Å²) < 4.78 is 17.7. The summed E-state index contributed by atoms with van der Waals surface area (Å²) in [5.74, 6) is -0.334. The van der Waals surface area contributed by atoms with E-state index in [-0.39, 0.29) is 23.4 Å². The molecule has 0 radical (unpaired) electrons. The molecule has 0 unspecified atom stereocenters. The second-order valence-corrected chi connectivity index (χ2v) is 6.73. The second kappa shape index (κ2) is 6.80. The van der Waals surface area contributed by atoms with Gasteiger partial charge in [0.1, 0.15) is 12.1 Å². The minimum atomic E-state index is -0.334. The van der Waals surface area contributed by atoms with Gasteiger partial charge in [0, 0.05) is 10.0 Å². The number of fused-ring (bicyclic) bond motifs is 1. The maximum atomic E-state index is 13.8. The van der Waals surface area contributed by atoms with E-state index in [1.54, 1.807) is 18.2 Å². The van der Waals surface area contributed by atoms with Crippen LogP contribution in [0.3, 0.4) is 0 Å². The standard InChI is InChI=1S/C18H13BrFN5O/c19-14-7-5-12(6-8-14)9-24-11-21-17-16(18(24)26)22-23-25(17)10-13-3-1-2-4-15(13)20/h1-8,11H,9-10H2. The Morgan fingerprint density at radius 1 is 1.04 bits per heavy atom. The third kappa shape index (κ3) is 3.15. The van der Waals surface area contributed by atoms with Crippen molar-refractivity contribution in [2.24, 2.45) is 0 Å². The topological polar surface area (TPSA) is 65.6 Å². The Hall–Kier alpha value is -2.87. The first-order valence-corrected chi connectivity index (χ1v) is 8.67. The largest absolute Gasteiger partial charge is 0.293 e. The average Bonchev–Trinajstić information content (AvgIpc) is 3.05. The smallest absolute Gasteiger partial charge is 0.283 e. The lowest BCUT2D eigenvalue weighted by Crippen LogP contribution is -2.21. The molecule has 0 atom stereocenters. The molecule has 0 aliphatic heterocycles. The van der Waals surface area contributed by atoms with Crippen LogP contribution in [-0.2, 0) is 13.1 Å². The monoisotopic (exact) mass is 413 g/mol. The van der Waals surface area contributed by atoms with Crippen molar-refractivity contribution in [3.05, 3.63) is 86.6 Å². The second-order valence-electron chi connectivity index (χ2n) is 5.81. The van der Waals surface area contributed by atoms with Gasteiger partial charge in [0.15, 0.2) is 11.2 Å². The highest BCUT2D eigenvalue weighted by Gasteiger charge is 2.13. The van der Waals surface area contributed by atoms with Crippen LogP contribution in [0.25, 0.3) is 11.2 Å². The van der Waals surface area contributed by atoms with Crippen LogP contribution < -0.4 is 5.56 Å². The highest BCUT2D eigenvalue weighted by atomic mass is 79.9. The minimum absolute atomic E-state index is 0.159. The molecule has 0 bridgehead atoms. The van der Waals surface area contributed by atoms with Gasteiger partial charge in [-0.3, -0.25) is 9.36 Å². The van der Waals surface area contributed by atoms with E-state index >= 15 is 0 Å². The maximum Gasteiger partial charge on any atom is 0.283 e. The lowest BCUT2D eigenvalue weighted by molar-refractivity contribution is 0.581. The summed E-state index contributed by atoms with van der Waals surface area (Å²) in [7, 11) is 0. The first-order chi connectivity index (χ1) is 12.6. The van der Waals surface area contributed by atoms with Crippen LogP contribution in [-0.4, -0.2) is 24.5 Å². The number of nitrogens with zero attached hydrogens (tertiary/aromatic N) is 5. The summed E-state index contributed by atoms with van der Waals surface area (Å²) >= 11 is 3.38. The van der Waals surface area contributed by atoms with Crippen LogP contribution >= 0.6 is 15.9 Å². The first kappa shape index (κ1) is 16.6. The molecule has 4 aromatic rings. The Bertz CT molecular complexity index is 1140. The van der Waals surface area contributed by atoms with Gasteiger partial charge in [-0.25, -0.2) is 14.1 Å². The molecule has 2 heterocycles. The van der Waals surface area contributed by atoms with Gasteiger partial charge in [0.25, 0.3) is 5.56 Å². The van der Waals surface area contributed by atoms with E-state index in [1.165, 1.54) is 21.6 Å². The predicted octanol–water partition coefficient (Wildman–Crippen LogP) is 2.99. The molecule has 0 saturated carbocycles. The zero-order valence-electron chi connectivity index (χ0n) is 13.5. The summed E-state index contributed by atoms with van der Waals surface area (Å²) in [5, 5.41) is 7.92. The fourth-order valence-corrected chi connectivity index (χ4v) is 2.95. The number of halogens is 2. The minimum Gasteiger partial charge on any atom is -0.293 e. The molecule has 4 rings (SSSR count). The molecule has 0 fully saturated rings. The van der Waals surface area contributed by atoms with E-state index in [0.29, 0.717) is 17.8 Å². The van der Waals surface area contributed by atoms with Crippen molar-refractivity contribution in [2.75, 3.05) is 0 Å². The number of rotatable bonds is 4. The van der Waals surface area contributed by atoms with Crippen LogP contribution in [0.4, 0.5) is 4.39 Å². The van der Waals surface area contributed by atoms with E-state index in [0.717, 1.165) is 10.0 Å². The van der Waals surface area contributed by atoms with Crippen molar-refractivity contribution in [3.63, 3.8) is 0 Å². The van der Waals surface area contributed by atoms with E-state index < -0.39 is 0 Å². The summed E-state index contributed by atoms with van der Waals surface area (Å²) in [4.78, 5) is 17.0. The van der Waals surface area contributed by atoms with Crippen LogP contribution in [0.1, 0.15) is 11.1 Å². The summed E-state index contributed by atoms with van der Waals surface area (Å²) in [6, 6.07) is 14.1. The lowest BCUT2D eigenvalue weighted by Gasteiger charge is -2.06. The van der Waals surface area contributed by atoms with Crippen LogP contribution in [0.2, 0.25) is 0 Å². The molecule has 0 N–H and O–H groups in total. The van der Waals surface area contributed by atoms with Crippen molar-refractivity contribution in [1.82, 2.24) is 24.5 Å². The van der Waals surface area contributed by atoms with Crippen molar-refractivity contribution < 1.29 is 4.39 Å². The highest BCUT2D eigenvalue weighted by molar-refractivity contribution is 9.10. The van der Waals surface area contributed by atoms with E-state index in [2.05, 4.69) is 31.2 Å². The van der Waals surface area contributed by atoms with Gasteiger partial charge < -0.3 is 0 Å². The fourth-order valence-electron chi connectivity index (χ4n) is 2.68. The quantitative estimate of drug-likeness (QED) is 0.515. The van der Waals surface area contributed by atoms with E-state index in [9.17, 15) is 9.18 Å². The predicted molar refractivity (Wildman–Crippen MR) is 98.3 cm³/mol. The molecule has 8 heteroatoms. The van der Waals surface area contributed by atoms with Gasteiger partial charge in [-0.2, -0.15) is 0 Å². The van der Waals surface area contributed by atoms with Crippen LogP contribution in [0.5, 0.6) is 0 Å². The number of hydrogen-bond acceptors (Lipinski definition) is 4. The van der Waals surface area contributed by atoms with E-state index in [1.807, 2.05) is 24.3 Å². The molecule has 6 nitrogen and oxygen atoms in total. The fraction of sp³-hybridized carbons (Fsp3) is 0.111. The van der Waals surface area contributed by atoms with Crippen LogP contribution in [0, 0.1) is 5.82 Å². The zero-order valence-corrected chi connectivity index (χ0v) is 15.1. The van der Waals surface area contributed by atoms with Crippen molar-refractivity contribution in [1.29, 1.82) is 0 Å². The molecule has 0 saturated heterocycles. The molecule has 2 aromatic heterocycles. The lowest BCUT2D eigenvalue weighted by atomic mass is 10.2. The first-order valence-electron chi connectivity index (χ1n) is 7.88. The summed E-state index contributed by atoms with van der Waals surface area (Å²) in [6.45, 7) is 0.543. The Morgan fingerprint density at radius 2 is 1.81 bits per heavy atom. The molecular formula is C18H13BrFN5O. The summed E-state index contributed by atoms with van der Waals surface area (Å²) in [5.41, 5.74) is 1.65. The number of benzene rings is 2. The Labute approximate surface area is 156 Å². The normalized spacial score (nSPS) is 11.2. The molecule has 0 spiro atoms. The maximum absolute atomic E-state index is 13.8. The zero-order chi connectivity index (χ0) is 18.1. The van der Waals surface area contributed by atoms with Gasteiger partial charge in [0.2, 0.25) is 0 Å². The third-order valence-electron chi connectivity index (χ3n) is 4.04. The average molecular weight is 414 g/mol. The number of hydrogen-bond donors (Lipinski definition) is 0. The molecule has 0 aliphatic rings. The van der Waals surface area contributed by atoms with Crippen molar-refractivity contribution in [2.45, 2.75) is 13.1 Å². The van der Waals surface area contributed by atoms with E-state index in [4.69, 9.17) is 0 Å². The third-order valence-corrected chi connectivity index (χ3v) is 4.56. The molecule has 0 aliphatic carbocycles. The van der Waals surface area contributed by atoms with Gasteiger partial charge in [-0.1, -0.05) is 51.5 Å². The highest BCUT2D eigenvalue weighted by Crippen LogP contribution is 2.13. The molecular weight excluding hydrogens is 401 g/mol. The van der Waals surface area contributed by atoms with Gasteiger partial charge in [0.05, 0.1) is 13.1 Å². The Balaban J connectivity index is 1.68.